The Morgan fingerprint density at radius 3 is 2.64 bits per heavy atom. The molecule has 3 heterocycles. The lowest BCUT2D eigenvalue weighted by Gasteiger charge is -2.13. The second-order valence-electron chi connectivity index (χ2n) is 8.19. The van der Waals surface area contributed by atoms with Gasteiger partial charge in [-0.3, -0.25) is 14.3 Å². The summed E-state index contributed by atoms with van der Waals surface area (Å²) in [5.41, 5.74) is 4.50. The number of carbonyl (C=O) groups is 1. The highest BCUT2D eigenvalue weighted by atomic mass is 32.2. The van der Waals surface area contributed by atoms with Crippen molar-refractivity contribution in [3.63, 3.8) is 0 Å². The van der Waals surface area contributed by atoms with Crippen LogP contribution in [0.3, 0.4) is 0 Å². The zero-order valence-electron chi connectivity index (χ0n) is 19.8. The third kappa shape index (κ3) is 5.22. The normalized spacial score (nSPS) is 11.8. The molecule has 5 rings (SSSR count). The van der Waals surface area contributed by atoms with E-state index >= 15 is 0 Å². The zero-order valence-corrected chi connectivity index (χ0v) is 21.5. The van der Waals surface area contributed by atoms with Crippen molar-refractivity contribution < 1.29 is 4.79 Å². The van der Waals surface area contributed by atoms with Crippen molar-refractivity contribution in [2.45, 2.75) is 30.8 Å². The quantitative estimate of drug-likeness (QED) is 0.262. The number of amides is 1. The van der Waals surface area contributed by atoms with Crippen molar-refractivity contribution in [2.75, 3.05) is 0 Å². The number of rotatable bonds is 8. The summed E-state index contributed by atoms with van der Waals surface area (Å²) in [6, 6.07) is 21.8. The summed E-state index contributed by atoms with van der Waals surface area (Å²) in [5.74, 6) is 1.12. The first kappa shape index (κ1) is 23.9. The van der Waals surface area contributed by atoms with Gasteiger partial charge in [-0.15, -0.1) is 21.5 Å². The summed E-state index contributed by atoms with van der Waals surface area (Å²) in [6.45, 7) is 4.04. The number of nitrogens with zero attached hydrogens (tertiary/aromatic N) is 5. The minimum absolute atomic E-state index is 0.100. The highest BCUT2D eigenvalue weighted by Gasteiger charge is 2.19. The van der Waals surface area contributed by atoms with E-state index in [1.807, 2.05) is 61.5 Å². The Labute approximate surface area is 217 Å². The van der Waals surface area contributed by atoms with E-state index in [2.05, 4.69) is 49.1 Å². The molecule has 5 aromatic rings. The van der Waals surface area contributed by atoms with Gasteiger partial charge in [0.05, 0.1) is 17.5 Å². The average molecular weight is 513 g/mol. The number of benzene rings is 2. The molecule has 180 valence electrons. The molecule has 0 saturated carbocycles. The number of hydrogen-bond donors (Lipinski definition) is 1. The maximum Gasteiger partial charge on any atom is 0.271 e. The van der Waals surface area contributed by atoms with Gasteiger partial charge >= 0.3 is 0 Å². The van der Waals surface area contributed by atoms with Gasteiger partial charge in [0, 0.05) is 23.3 Å². The predicted octanol–water partition coefficient (Wildman–Crippen LogP) is 5.88. The van der Waals surface area contributed by atoms with Crippen LogP contribution in [-0.4, -0.2) is 30.6 Å². The van der Waals surface area contributed by atoms with Gasteiger partial charge in [0.25, 0.3) is 5.91 Å². The molecule has 36 heavy (non-hydrogen) atoms. The zero-order chi connectivity index (χ0) is 24.9. The molecule has 0 spiro atoms. The van der Waals surface area contributed by atoms with Gasteiger partial charge in [0.2, 0.25) is 0 Å². The number of hydrogen-bond acceptors (Lipinski definition) is 7. The second kappa shape index (κ2) is 10.8. The standard InChI is InChI=1S/C27H24N6OS2/c1-18-9-6-7-13-23(18)33-25(21-12-8-14-28-15-21)31-32-27(33)36-17-24-30-22(16-35-24)26(34)29-19(2)20-10-4-3-5-11-20/h3-16,19H,17H2,1-2H3,(H,29,34). The minimum Gasteiger partial charge on any atom is -0.344 e. The lowest BCUT2D eigenvalue weighted by molar-refractivity contribution is 0.0935. The van der Waals surface area contributed by atoms with Crippen LogP contribution in [0.5, 0.6) is 0 Å². The Hall–Kier alpha value is -3.82. The Bertz CT molecular complexity index is 1470. The first-order valence-electron chi connectivity index (χ1n) is 11.4. The summed E-state index contributed by atoms with van der Waals surface area (Å²) in [4.78, 5) is 21.6. The summed E-state index contributed by atoms with van der Waals surface area (Å²) < 4.78 is 2.06. The number of thiazole rings is 1. The molecule has 1 atom stereocenters. The molecule has 1 unspecified atom stereocenters. The van der Waals surface area contributed by atoms with Crippen LogP contribution in [-0.2, 0) is 5.75 Å². The number of nitrogens with one attached hydrogen (secondary N) is 1. The van der Waals surface area contributed by atoms with Crippen LogP contribution < -0.4 is 5.32 Å². The van der Waals surface area contributed by atoms with Gasteiger partial charge < -0.3 is 5.32 Å². The largest absolute Gasteiger partial charge is 0.344 e. The summed E-state index contributed by atoms with van der Waals surface area (Å²) in [5, 5.41) is 15.4. The molecule has 3 aromatic heterocycles. The number of aryl methyl sites for hydroxylation is 1. The van der Waals surface area contributed by atoms with Crippen molar-refractivity contribution >= 4 is 29.0 Å². The fraction of sp³-hybridized carbons (Fsp3) is 0.148. The number of pyridine rings is 1. The molecule has 0 radical (unpaired) electrons. The van der Waals surface area contributed by atoms with Crippen LogP contribution in [0.1, 0.15) is 39.6 Å². The van der Waals surface area contributed by atoms with E-state index in [0.29, 0.717) is 11.4 Å². The van der Waals surface area contributed by atoms with Crippen molar-refractivity contribution in [2.24, 2.45) is 0 Å². The monoisotopic (exact) mass is 512 g/mol. The molecule has 7 nitrogen and oxygen atoms in total. The molecule has 0 saturated heterocycles. The fourth-order valence-electron chi connectivity index (χ4n) is 3.78. The Balaban J connectivity index is 1.34. The third-order valence-electron chi connectivity index (χ3n) is 5.67. The molecule has 0 aliphatic rings. The van der Waals surface area contributed by atoms with Gasteiger partial charge in [-0.2, -0.15) is 0 Å². The van der Waals surface area contributed by atoms with E-state index in [1.165, 1.54) is 11.3 Å². The first-order valence-corrected chi connectivity index (χ1v) is 13.3. The Kier molecular flexibility index (Phi) is 7.20. The average Bonchev–Trinajstić information content (AvgIpc) is 3.56. The van der Waals surface area contributed by atoms with Crippen LogP contribution in [0.4, 0.5) is 0 Å². The van der Waals surface area contributed by atoms with E-state index in [1.54, 1.807) is 29.5 Å². The molecule has 0 fully saturated rings. The van der Waals surface area contributed by atoms with Crippen molar-refractivity contribution in [1.29, 1.82) is 0 Å². The van der Waals surface area contributed by atoms with Crippen molar-refractivity contribution in [3.8, 4) is 17.1 Å². The Morgan fingerprint density at radius 1 is 1.06 bits per heavy atom. The Morgan fingerprint density at radius 2 is 1.86 bits per heavy atom. The summed E-state index contributed by atoms with van der Waals surface area (Å²) in [7, 11) is 0. The molecular weight excluding hydrogens is 488 g/mol. The van der Waals surface area contributed by atoms with Gasteiger partial charge in [-0.1, -0.05) is 60.3 Å². The van der Waals surface area contributed by atoms with Gasteiger partial charge in [0.1, 0.15) is 10.7 Å². The van der Waals surface area contributed by atoms with Crippen LogP contribution in [0.15, 0.2) is 89.7 Å². The number of carbonyl (C=O) groups excluding carboxylic acids is 1. The van der Waals surface area contributed by atoms with E-state index in [9.17, 15) is 4.79 Å². The molecule has 1 amide bonds. The van der Waals surface area contributed by atoms with Crippen LogP contribution in [0, 0.1) is 6.92 Å². The van der Waals surface area contributed by atoms with E-state index in [4.69, 9.17) is 0 Å². The molecule has 1 N–H and O–H groups in total. The lowest BCUT2D eigenvalue weighted by Crippen LogP contribution is -2.26. The van der Waals surface area contributed by atoms with E-state index < -0.39 is 0 Å². The van der Waals surface area contributed by atoms with Crippen molar-refractivity contribution in [1.82, 2.24) is 30.0 Å². The van der Waals surface area contributed by atoms with Gasteiger partial charge in [-0.05, 0) is 43.2 Å². The van der Waals surface area contributed by atoms with Crippen LogP contribution >= 0.6 is 23.1 Å². The predicted molar refractivity (Wildman–Crippen MR) is 143 cm³/mol. The SMILES string of the molecule is Cc1ccccc1-n1c(SCc2nc(C(=O)NC(C)c3ccccc3)cs2)nnc1-c1cccnc1. The second-order valence-corrected chi connectivity index (χ2v) is 10.1. The lowest BCUT2D eigenvalue weighted by atomic mass is 10.1. The molecule has 0 aliphatic heterocycles. The first-order chi connectivity index (χ1) is 17.6. The molecule has 9 heteroatoms. The number of para-hydroxylation sites is 1. The minimum atomic E-state index is -0.180. The molecule has 2 aromatic carbocycles. The summed E-state index contributed by atoms with van der Waals surface area (Å²) in [6.07, 6.45) is 3.53. The van der Waals surface area contributed by atoms with Crippen molar-refractivity contribution in [3.05, 3.63) is 106 Å². The molecule has 0 aliphatic carbocycles. The molecular formula is C27H24N6OS2. The fourth-order valence-corrected chi connectivity index (χ4v) is 5.52. The third-order valence-corrected chi connectivity index (χ3v) is 7.64. The van der Waals surface area contributed by atoms with Crippen LogP contribution in [0.25, 0.3) is 17.1 Å². The van der Waals surface area contributed by atoms with Crippen LogP contribution in [0.2, 0.25) is 0 Å². The topological polar surface area (TPSA) is 85.6 Å². The highest BCUT2D eigenvalue weighted by Crippen LogP contribution is 2.31. The van der Waals surface area contributed by atoms with E-state index in [-0.39, 0.29) is 11.9 Å². The smallest absolute Gasteiger partial charge is 0.271 e. The molecule has 0 bridgehead atoms. The van der Waals surface area contributed by atoms with Gasteiger partial charge in [-0.25, -0.2) is 4.98 Å². The number of aromatic nitrogens is 5. The highest BCUT2D eigenvalue weighted by molar-refractivity contribution is 7.98. The maximum atomic E-state index is 12.7. The summed E-state index contributed by atoms with van der Waals surface area (Å²) >= 11 is 3.01. The maximum absolute atomic E-state index is 12.7. The van der Waals surface area contributed by atoms with Gasteiger partial charge in [0.15, 0.2) is 11.0 Å². The van der Waals surface area contributed by atoms with E-state index in [0.717, 1.165) is 38.4 Å². The number of thioether (sulfide) groups is 1.